The van der Waals surface area contributed by atoms with Crippen LogP contribution in [-0.2, 0) is 0 Å². The second-order valence-electron chi connectivity index (χ2n) is 5.58. The highest BCUT2D eigenvalue weighted by atomic mass is 15.3. The normalized spacial score (nSPS) is 14.5. The van der Waals surface area contributed by atoms with Crippen molar-refractivity contribution in [1.29, 1.82) is 0 Å². The molecule has 3 aromatic rings. The highest BCUT2D eigenvalue weighted by Crippen LogP contribution is 2.29. The molecule has 106 valence electrons. The van der Waals surface area contributed by atoms with Crippen LogP contribution in [-0.4, -0.2) is 21.1 Å². The molecule has 0 aliphatic heterocycles. The van der Waals surface area contributed by atoms with E-state index in [1.54, 1.807) is 0 Å². The third-order valence-corrected chi connectivity index (χ3v) is 3.81. The quantitative estimate of drug-likeness (QED) is 0.721. The predicted octanol–water partition coefficient (Wildman–Crippen LogP) is 2.80. The van der Waals surface area contributed by atoms with Gasteiger partial charge in [0.05, 0.1) is 11.9 Å². The fraction of sp³-hybridized carbons (Fsp3) is 0.250. The molecule has 1 aliphatic carbocycles. The van der Waals surface area contributed by atoms with E-state index in [1.165, 1.54) is 12.8 Å². The number of nitrogens with two attached hydrogens (primary N) is 1. The number of fused-ring (bicyclic) bond motifs is 1. The topological polar surface area (TPSA) is 68.2 Å². The average molecular weight is 279 g/mol. The van der Waals surface area contributed by atoms with Gasteiger partial charge in [0.2, 0.25) is 0 Å². The van der Waals surface area contributed by atoms with Crippen molar-refractivity contribution in [2.45, 2.75) is 12.8 Å². The Kier molecular flexibility index (Phi) is 2.77. The van der Waals surface area contributed by atoms with E-state index in [9.17, 15) is 0 Å². The molecule has 0 radical (unpaired) electrons. The molecule has 1 aliphatic rings. The first kappa shape index (κ1) is 12.2. The van der Waals surface area contributed by atoms with Gasteiger partial charge in [0.15, 0.2) is 5.65 Å². The first-order valence-corrected chi connectivity index (χ1v) is 7.24. The Labute approximate surface area is 122 Å². The monoisotopic (exact) mass is 279 g/mol. The first-order valence-electron chi connectivity index (χ1n) is 7.24. The highest BCUT2D eigenvalue weighted by Gasteiger charge is 2.20. The molecule has 0 amide bonds. The molecule has 0 spiro atoms. The number of nitrogen functional groups attached to an aromatic ring is 1. The van der Waals surface area contributed by atoms with Gasteiger partial charge in [-0.3, -0.25) is 0 Å². The molecule has 2 heterocycles. The first-order chi connectivity index (χ1) is 10.3. The van der Waals surface area contributed by atoms with Crippen LogP contribution in [0.15, 0.2) is 42.6 Å². The van der Waals surface area contributed by atoms with Crippen molar-refractivity contribution >= 4 is 17.2 Å². The van der Waals surface area contributed by atoms with Crippen LogP contribution in [0.5, 0.6) is 0 Å². The van der Waals surface area contributed by atoms with Crippen molar-refractivity contribution in [2.75, 3.05) is 17.6 Å². The number of hydrogen-bond donors (Lipinski definition) is 2. The Hall–Kier alpha value is -2.56. The third-order valence-electron chi connectivity index (χ3n) is 3.81. The molecular weight excluding hydrogens is 262 g/mol. The molecule has 0 unspecified atom stereocenters. The van der Waals surface area contributed by atoms with Crippen LogP contribution in [0.1, 0.15) is 12.8 Å². The van der Waals surface area contributed by atoms with Crippen molar-refractivity contribution in [3.63, 3.8) is 0 Å². The van der Waals surface area contributed by atoms with Crippen molar-refractivity contribution in [2.24, 2.45) is 5.92 Å². The summed E-state index contributed by atoms with van der Waals surface area (Å²) in [6.45, 7) is 1.00. The zero-order valence-corrected chi connectivity index (χ0v) is 11.7. The second kappa shape index (κ2) is 4.77. The maximum absolute atomic E-state index is 5.86. The summed E-state index contributed by atoms with van der Waals surface area (Å²) >= 11 is 0. The smallest absolute Gasteiger partial charge is 0.154 e. The van der Waals surface area contributed by atoms with E-state index in [2.05, 4.69) is 15.4 Å². The van der Waals surface area contributed by atoms with Crippen LogP contribution in [0, 0.1) is 5.92 Å². The molecule has 0 bridgehead atoms. The SMILES string of the molecule is Nc1cccc(-c2cnc3ccc(NCC4CC4)nn23)c1. The molecule has 5 nitrogen and oxygen atoms in total. The number of rotatable bonds is 4. The van der Waals surface area contributed by atoms with Gasteiger partial charge in [0.25, 0.3) is 0 Å². The number of anilines is 2. The summed E-state index contributed by atoms with van der Waals surface area (Å²) in [5.74, 6) is 1.70. The lowest BCUT2D eigenvalue weighted by Crippen LogP contribution is -2.07. The zero-order valence-electron chi connectivity index (χ0n) is 11.7. The summed E-state index contributed by atoms with van der Waals surface area (Å²) in [7, 11) is 0. The fourth-order valence-corrected chi connectivity index (χ4v) is 2.43. The van der Waals surface area contributed by atoms with Gasteiger partial charge in [0, 0.05) is 17.8 Å². The van der Waals surface area contributed by atoms with Gasteiger partial charge >= 0.3 is 0 Å². The van der Waals surface area contributed by atoms with Gasteiger partial charge in [0.1, 0.15) is 5.82 Å². The minimum atomic E-state index is 0.741. The van der Waals surface area contributed by atoms with Crippen molar-refractivity contribution in [3.8, 4) is 11.3 Å². The van der Waals surface area contributed by atoms with E-state index < -0.39 is 0 Å². The standard InChI is InChI=1S/C16H17N5/c17-13-3-1-2-12(8-13)14-10-19-16-7-6-15(20-21(14)16)18-9-11-4-5-11/h1-3,6-8,10-11H,4-5,9,17H2,(H,18,20). The van der Waals surface area contributed by atoms with E-state index in [-0.39, 0.29) is 0 Å². The molecule has 0 atom stereocenters. The third kappa shape index (κ3) is 2.42. The lowest BCUT2D eigenvalue weighted by Gasteiger charge is -2.06. The Balaban J connectivity index is 1.72. The molecule has 4 rings (SSSR count). The molecule has 21 heavy (non-hydrogen) atoms. The molecule has 3 N–H and O–H groups in total. The number of imidazole rings is 1. The summed E-state index contributed by atoms with van der Waals surface area (Å²) in [6.07, 6.45) is 4.49. The fourth-order valence-electron chi connectivity index (χ4n) is 2.43. The summed E-state index contributed by atoms with van der Waals surface area (Å²) in [6, 6.07) is 11.7. The number of aromatic nitrogens is 3. The molecular formula is C16H17N5. The molecule has 5 heteroatoms. The van der Waals surface area contributed by atoms with Crippen molar-refractivity contribution in [3.05, 3.63) is 42.6 Å². The summed E-state index contributed by atoms with van der Waals surface area (Å²) in [5, 5.41) is 8.04. The van der Waals surface area contributed by atoms with E-state index in [0.29, 0.717) is 0 Å². The van der Waals surface area contributed by atoms with Gasteiger partial charge < -0.3 is 11.1 Å². The van der Waals surface area contributed by atoms with Crippen LogP contribution >= 0.6 is 0 Å². The molecule has 1 aromatic carbocycles. The van der Waals surface area contributed by atoms with Gasteiger partial charge in [-0.2, -0.15) is 0 Å². The van der Waals surface area contributed by atoms with Crippen molar-refractivity contribution < 1.29 is 0 Å². The minimum Gasteiger partial charge on any atom is -0.399 e. The lowest BCUT2D eigenvalue weighted by molar-refractivity contribution is 0.862. The largest absolute Gasteiger partial charge is 0.399 e. The maximum atomic E-state index is 5.86. The number of benzene rings is 1. The molecule has 1 saturated carbocycles. The van der Waals surface area contributed by atoms with E-state index >= 15 is 0 Å². The Bertz CT molecular complexity index is 788. The van der Waals surface area contributed by atoms with Gasteiger partial charge in [-0.15, -0.1) is 5.10 Å². The van der Waals surface area contributed by atoms with Gasteiger partial charge in [-0.25, -0.2) is 9.50 Å². The Morgan fingerprint density at radius 2 is 2.14 bits per heavy atom. The van der Waals surface area contributed by atoms with E-state index in [0.717, 1.165) is 40.9 Å². The number of hydrogen-bond acceptors (Lipinski definition) is 4. The maximum Gasteiger partial charge on any atom is 0.154 e. The molecule has 1 fully saturated rings. The number of nitrogens with zero attached hydrogens (tertiary/aromatic N) is 3. The Morgan fingerprint density at radius 1 is 1.24 bits per heavy atom. The summed E-state index contributed by atoms with van der Waals surface area (Å²) in [4.78, 5) is 4.41. The predicted molar refractivity (Wildman–Crippen MR) is 84.0 cm³/mol. The number of nitrogens with one attached hydrogen (secondary N) is 1. The van der Waals surface area contributed by atoms with Gasteiger partial charge in [-0.1, -0.05) is 12.1 Å². The van der Waals surface area contributed by atoms with Crippen LogP contribution in [0.4, 0.5) is 11.5 Å². The zero-order chi connectivity index (χ0) is 14.2. The summed E-state index contributed by atoms with van der Waals surface area (Å²) in [5.41, 5.74) is 9.42. The second-order valence-corrected chi connectivity index (χ2v) is 5.58. The van der Waals surface area contributed by atoms with Gasteiger partial charge in [-0.05, 0) is 43.0 Å². The van der Waals surface area contributed by atoms with Crippen LogP contribution in [0.25, 0.3) is 16.9 Å². The Morgan fingerprint density at radius 3 is 2.95 bits per heavy atom. The van der Waals surface area contributed by atoms with Crippen LogP contribution in [0.2, 0.25) is 0 Å². The minimum absolute atomic E-state index is 0.741. The average Bonchev–Trinajstić information content (AvgIpc) is 3.23. The highest BCUT2D eigenvalue weighted by molar-refractivity contribution is 5.67. The van der Waals surface area contributed by atoms with Crippen molar-refractivity contribution in [1.82, 2.24) is 14.6 Å². The van der Waals surface area contributed by atoms with E-state index in [4.69, 9.17) is 5.73 Å². The lowest BCUT2D eigenvalue weighted by atomic mass is 10.1. The van der Waals surface area contributed by atoms with E-state index in [1.807, 2.05) is 47.1 Å². The molecule has 0 saturated heterocycles. The molecule has 2 aromatic heterocycles. The van der Waals surface area contributed by atoms with Crippen LogP contribution in [0.3, 0.4) is 0 Å². The van der Waals surface area contributed by atoms with Crippen LogP contribution < -0.4 is 11.1 Å². The summed E-state index contributed by atoms with van der Waals surface area (Å²) < 4.78 is 1.87.